The number of fused-ring (bicyclic) bond motifs is 1. The lowest BCUT2D eigenvalue weighted by atomic mass is 10.2. The number of aromatic nitrogens is 3. The van der Waals surface area contributed by atoms with Gasteiger partial charge in [0.1, 0.15) is 5.69 Å². The van der Waals surface area contributed by atoms with Crippen molar-refractivity contribution in [3.8, 4) is 5.69 Å². The van der Waals surface area contributed by atoms with E-state index < -0.39 is 0 Å². The van der Waals surface area contributed by atoms with E-state index in [9.17, 15) is 0 Å². The molecule has 2 N–H and O–H groups in total. The van der Waals surface area contributed by atoms with Gasteiger partial charge < -0.3 is 10.6 Å². The van der Waals surface area contributed by atoms with E-state index in [0.29, 0.717) is 11.2 Å². The summed E-state index contributed by atoms with van der Waals surface area (Å²) in [5, 5.41) is 11.9. The second kappa shape index (κ2) is 7.03. The molecule has 5 nitrogen and oxygen atoms in total. The van der Waals surface area contributed by atoms with Gasteiger partial charge in [-0.15, -0.1) is 0 Å². The molecule has 1 aliphatic heterocycles. The summed E-state index contributed by atoms with van der Waals surface area (Å²) in [6.07, 6.45) is 4.15. The molecule has 0 unspecified atom stereocenters. The van der Waals surface area contributed by atoms with Crippen molar-refractivity contribution in [1.82, 2.24) is 15.1 Å². The molecule has 126 valence electrons. The van der Waals surface area contributed by atoms with Crippen molar-refractivity contribution >= 4 is 23.0 Å². The van der Waals surface area contributed by atoms with Gasteiger partial charge in [0, 0.05) is 17.2 Å². The molecule has 0 amide bonds. The van der Waals surface area contributed by atoms with Crippen LogP contribution in [-0.2, 0) is 6.42 Å². The van der Waals surface area contributed by atoms with Crippen molar-refractivity contribution in [3.05, 3.63) is 72.8 Å². The number of benzene rings is 2. The molecule has 2 heterocycles. The van der Waals surface area contributed by atoms with Crippen LogP contribution in [0.4, 0.5) is 5.69 Å². The largest absolute Gasteiger partial charge is 0.359 e. The zero-order valence-corrected chi connectivity index (χ0v) is 14.6. The van der Waals surface area contributed by atoms with Gasteiger partial charge in [0.2, 0.25) is 6.33 Å². The summed E-state index contributed by atoms with van der Waals surface area (Å²) in [6, 6.07) is 20.5. The van der Waals surface area contributed by atoms with Crippen molar-refractivity contribution in [2.24, 2.45) is 0 Å². The lowest BCUT2D eigenvalue weighted by molar-refractivity contribution is -0.714. The normalized spacial score (nSPS) is 15.6. The fourth-order valence-electron chi connectivity index (χ4n) is 3.12. The third kappa shape index (κ3) is 3.53. The predicted octanol–water partition coefficient (Wildman–Crippen LogP) is 2.63. The van der Waals surface area contributed by atoms with Gasteiger partial charge >= 0.3 is 0 Å². The minimum absolute atomic E-state index is 0.364. The van der Waals surface area contributed by atoms with Crippen molar-refractivity contribution in [1.29, 1.82) is 0 Å². The Labute approximate surface area is 152 Å². The van der Waals surface area contributed by atoms with Crippen LogP contribution in [0.3, 0.4) is 0 Å². The quantitative estimate of drug-likeness (QED) is 0.561. The first-order valence-electron chi connectivity index (χ1n) is 8.44. The summed E-state index contributed by atoms with van der Waals surface area (Å²) in [7, 11) is 0. The fourth-order valence-corrected chi connectivity index (χ4v) is 3.32. The Bertz CT molecular complexity index is 860. The second-order valence-corrected chi connectivity index (χ2v) is 6.52. The number of hydrogen-bond acceptors (Lipinski definition) is 2. The first-order valence-corrected chi connectivity index (χ1v) is 8.85. The Balaban J connectivity index is 1.39. The lowest BCUT2D eigenvalue weighted by Crippen LogP contribution is -2.44. The van der Waals surface area contributed by atoms with Gasteiger partial charge in [0.15, 0.2) is 5.11 Å². The first kappa shape index (κ1) is 15.8. The SMILES string of the molecule is S=C(NC[C@@H]1CCc2nn(-c3ccccc3)c[n+]21)Nc1ccccc1. The molecule has 1 atom stereocenters. The van der Waals surface area contributed by atoms with Crippen LogP contribution in [0.15, 0.2) is 67.0 Å². The van der Waals surface area contributed by atoms with E-state index in [2.05, 4.69) is 33.7 Å². The zero-order valence-electron chi connectivity index (χ0n) is 13.8. The molecule has 1 aliphatic rings. The maximum absolute atomic E-state index is 5.40. The highest BCUT2D eigenvalue weighted by Gasteiger charge is 2.31. The molecule has 0 spiro atoms. The van der Waals surface area contributed by atoms with E-state index in [4.69, 9.17) is 17.3 Å². The summed E-state index contributed by atoms with van der Waals surface area (Å²) in [5.41, 5.74) is 2.08. The Morgan fingerprint density at radius 1 is 1.12 bits per heavy atom. The van der Waals surface area contributed by atoms with Crippen LogP contribution in [-0.4, -0.2) is 21.4 Å². The third-order valence-electron chi connectivity index (χ3n) is 4.40. The number of aryl methyl sites for hydroxylation is 1. The van der Waals surface area contributed by atoms with E-state index in [0.717, 1.165) is 36.6 Å². The Kier molecular flexibility index (Phi) is 4.43. The lowest BCUT2D eigenvalue weighted by Gasteiger charge is -2.13. The summed E-state index contributed by atoms with van der Waals surface area (Å²) in [5.74, 6) is 1.12. The molecular formula is C19H20N5S+. The van der Waals surface area contributed by atoms with Crippen molar-refractivity contribution in [2.75, 3.05) is 11.9 Å². The fraction of sp³-hybridized carbons (Fsp3) is 0.211. The Morgan fingerprint density at radius 3 is 2.60 bits per heavy atom. The Morgan fingerprint density at radius 2 is 1.84 bits per heavy atom. The topological polar surface area (TPSA) is 45.8 Å². The number of rotatable bonds is 4. The van der Waals surface area contributed by atoms with Gasteiger partial charge in [-0.25, -0.2) is 4.57 Å². The molecular weight excluding hydrogens is 330 g/mol. The molecule has 3 aromatic rings. The third-order valence-corrected chi connectivity index (χ3v) is 4.65. The summed E-state index contributed by atoms with van der Waals surface area (Å²) in [4.78, 5) is 0. The minimum Gasteiger partial charge on any atom is -0.359 e. The van der Waals surface area contributed by atoms with Gasteiger partial charge in [0.25, 0.3) is 5.82 Å². The zero-order chi connectivity index (χ0) is 17.1. The number of nitrogens with one attached hydrogen (secondary N) is 2. The number of para-hydroxylation sites is 2. The molecule has 0 saturated heterocycles. The molecule has 4 rings (SSSR count). The maximum atomic E-state index is 5.40. The van der Waals surface area contributed by atoms with Crippen LogP contribution >= 0.6 is 12.2 Å². The van der Waals surface area contributed by atoms with Crippen molar-refractivity contribution < 1.29 is 4.57 Å². The molecule has 6 heteroatoms. The van der Waals surface area contributed by atoms with E-state index in [-0.39, 0.29) is 0 Å². The highest BCUT2D eigenvalue weighted by molar-refractivity contribution is 7.80. The summed E-state index contributed by atoms with van der Waals surface area (Å²) in [6.45, 7) is 0.789. The highest BCUT2D eigenvalue weighted by Crippen LogP contribution is 2.16. The minimum atomic E-state index is 0.364. The molecule has 0 radical (unpaired) electrons. The van der Waals surface area contributed by atoms with E-state index >= 15 is 0 Å². The first-order chi connectivity index (χ1) is 12.3. The molecule has 1 aromatic heterocycles. The van der Waals surface area contributed by atoms with Crippen molar-refractivity contribution in [2.45, 2.75) is 18.9 Å². The summed E-state index contributed by atoms with van der Waals surface area (Å²) >= 11 is 5.40. The molecule has 0 saturated carbocycles. The maximum Gasteiger partial charge on any atom is 0.278 e. The van der Waals surface area contributed by atoms with Crippen LogP contribution in [0.5, 0.6) is 0 Å². The van der Waals surface area contributed by atoms with Gasteiger partial charge in [-0.2, -0.15) is 0 Å². The van der Waals surface area contributed by atoms with Crippen molar-refractivity contribution in [3.63, 3.8) is 0 Å². The predicted molar refractivity (Wildman–Crippen MR) is 102 cm³/mol. The van der Waals surface area contributed by atoms with Gasteiger partial charge in [0.05, 0.1) is 12.6 Å². The number of hydrogen-bond donors (Lipinski definition) is 2. The monoisotopic (exact) mass is 350 g/mol. The highest BCUT2D eigenvalue weighted by atomic mass is 32.1. The van der Waals surface area contributed by atoms with Crippen LogP contribution in [0.2, 0.25) is 0 Å². The molecule has 0 bridgehead atoms. The van der Waals surface area contributed by atoms with E-state index in [1.54, 1.807) is 0 Å². The van der Waals surface area contributed by atoms with Crippen LogP contribution in [0.1, 0.15) is 18.3 Å². The molecule has 0 fully saturated rings. The second-order valence-electron chi connectivity index (χ2n) is 6.11. The standard InChI is InChI=1S/C19H19N5S/c25-19(21-15-7-3-1-4-8-15)20-13-17-11-12-18-22-24(14-23(17)18)16-9-5-2-6-10-16/h1-10,14,17H,11-13H2,(H-,20,21,25)/p+1/t17-/m0/s1. The van der Waals surface area contributed by atoms with Crippen LogP contribution in [0.25, 0.3) is 5.69 Å². The molecule has 0 aliphatic carbocycles. The summed E-state index contributed by atoms with van der Waals surface area (Å²) < 4.78 is 4.20. The average Bonchev–Trinajstić information content (AvgIpc) is 3.23. The van der Waals surface area contributed by atoms with Gasteiger partial charge in [-0.1, -0.05) is 41.1 Å². The van der Waals surface area contributed by atoms with Gasteiger partial charge in [-0.05, 0) is 42.9 Å². The van der Waals surface area contributed by atoms with E-state index in [1.165, 1.54) is 0 Å². The van der Waals surface area contributed by atoms with Crippen LogP contribution in [0, 0.1) is 0 Å². The number of anilines is 1. The van der Waals surface area contributed by atoms with Crippen LogP contribution < -0.4 is 15.2 Å². The smallest absolute Gasteiger partial charge is 0.278 e. The molecule has 25 heavy (non-hydrogen) atoms. The average molecular weight is 350 g/mol. The van der Waals surface area contributed by atoms with Gasteiger partial charge in [-0.3, -0.25) is 0 Å². The Hall–Kier alpha value is -2.73. The van der Waals surface area contributed by atoms with E-state index in [1.807, 2.05) is 53.2 Å². The molecule has 2 aromatic carbocycles. The number of thiocarbonyl (C=S) groups is 1. The number of nitrogens with zero attached hydrogens (tertiary/aromatic N) is 3.